The van der Waals surface area contributed by atoms with Crippen molar-refractivity contribution in [3.8, 4) is 5.88 Å². The molecule has 0 saturated heterocycles. The molecule has 0 spiro atoms. The van der Waals surface area contributed by atoms with Gasteiger partial charge in [0.25, 0.3) is 0 Å². The number of methoxy groups -OCH3 is 1. The van der Waals surface area contributed by atoms with E-state index in [1.165, 1.54) is 0 Å². The highest BCUT2D eigenvalue weighted by molar-refractivity contribution is 9.10. The van der Waals surface area contributed by atoms with Gasteiger partial charge in [0.15, 0.2) is 0 Å². The fraction of sp³-hybridized carbons (Fsp3) is 0.200. The molecule has 0 bridgehead atoms. The Morgan fingerprint density at radius 2 is 2.05 bits per heavy atom. The molecule has 1 aromatic heterocycles. The third-order valence-corrected chi connectivity index (χ3v) is 3.76. The standard InChI is InChI=1S/C15H15BrClN3O2/c1-22-14-6-10(4-5-18-14)8-19-15(21)20-9-11-2-3-12(16)7-13(11)17/h2-7H,8-9H2,1H3,(H2,19,20,21). The predicted molar refractivity (Wildman–Crippen MR) is 89.0 cm³/mol. The maximum absolute atomic E-state index is 11.8. The van der Waals surface area contributed by atoms with Crippen LogP contribution in [0.25, 0.3) is 0 Å². The zero-order valence-electron chi connectivity index (χ0n) is 11.9. The molecule has 0 saturated carbocycles. The normalized spacial score (nSPS) is 10.1. The highest BCUT2D eigenvalue weighted by Crippen LogP contribution is 2.21. The molecule has 0 aliphatic rings. The van der Waals surface area contributed by atoms with Gasteiger partial charge in [-0.15, -0.1) is 0 Å². The number of benzene rings is 1. The SMILES string of the molecule is COc1cc(CNC(=O)NCc2ccc(Br)cc2Cl)ccn1. The molecule has 22 heavy (non-hydrogen) atoms. The first-order chi connectivity index (χ1) is 10.6. The zero-order valence-corrected chi connectivity index (χ0v) is 14.2. The van der Waals surface area contributed by atoms with Crippen LogP contribution in [-0.2, 0) is 13.1 Å². The van der Waals surface area contributed by atoms with Crippen molar-refractivity contribution < 1.29 is 9.53 Å². The Labute approximate surface area is 142 Å². The zero-order chi connectivity index (χ0) is 15.9. The smallest absolute Gasteiger partial charge is 0.315 e. The molecule has 2 rings (SSSR count). The Morgan fingerprint density at radius 3 is 2.77 bits per heavy atom. The summed E-state index contributed by atoms with van der Waals surface area (Å²) in [6.07, 6.45) is 1.63. The van der Waals surface area contributed by atoms with Gasteiger partial charge in [0.2, 0.25) is 5.88 Å². The lowest BCUT2D eigenvalue weighted by Gasteiger charge is -2.09. The van der Waals surface area contributed by atoms with Crippen LogP contribution in [0.4, 0.5) is 4.79 Å². The highest BCUT2D eigenvalue weighted by atomic mass is 79.9. The maximum atomic E-state index is 11.8. The van der Waals surface area contributed by atoms with E-state index >= 15 is 0 Å². The van der Waals surface area contributed by atoms with E-state index in [1.54, 1.807) is 25.4 Å². The predicted octanol–water partition coefficient (Wildman–Crippen LogP) is 3.51. The molecule has 1 heterocycles. The van der Waals surface area contributed by atoms with E-state index in [4.69, 9.17) is 16.3 Å². The number of carbonyl (C=O) groups excluding carboxylic acids is 1. The number of rotatable bonds is 5. The first kappa shape index (κ1) is 16.6. The number of urea groups is 1. The minimum absolute atomic E-state index is 0.269. The number of nitrogens with zero attached hydrogens (tertiary/aromatic N) is 1. The van der Waals surface area contributed by atoms with Crippen LogP contribution in [0, 0.1) is 0 Å². The molecule has 0 aliphatic carbocycles. The van der Waals surface area contributed by atoms with Crippen molar-refractivity contribution in [1.29, 1.82) is 0 Å². The number of pyridine rings is 1. The van der Waals surface area contributed by atoms with E-state index in [1.807, 2.05) is 18.2 Å². The summed E-state index contributed by atoms with van der Waals surface area (Å²) in [5.74, 6) is 0.515. The van der Waals surface area contributed by atoms with Crippen LogP contribution < -0.4 is 15.4 Å². The first-order valence-corrected chi connectivity index (χ1v) is 7.70. The van der Waals surface area contributed by atoms with Gasteiger partial charge >= 0.3 is 6.03 Å². The Morgan fingerprint density at radius 1 is 1.27 bits per heavy atom. The third-order valence-electron chi connectivity index (χ3n) is 2.92. The van der Waals surface area contributed by atoms with Gasteiger partial charge in [-0.05, 0) is 29.3 Å². The molecule has 0 unspecified atom stereocenters. The lowest BCUT2D eigenvalue weighted by molar-refractivity contribution is 0.240. The minimum Gasteiger partial charge on any atom is -0.481 e. The Hall–Kier alpha value is -1.79. The van der Waals surface area contributed by atoms with E-state index in [0.29, 0.717) is 24.0 Å². The second kappa shape index (κ2) is 8.00. The van der Waals surface area contributed by atoms with Crippen molar-refractivity contribution in [1.82, 2.24) is 15.6 Å². The molecular weight excluding hydrogens is 370 g/mol. The maximum Gasteiger partial charge on any atom is 0.315 e. The fourth-order valence-corrected chi connectivity index (χ4v) is 2.50. The second-order valence-corrected chi connectivity index (χ2v) is 5.80. The summed E-state index contributed by atoms with van der Waals surface area (Å²) in [6.45, 7) is 0.746. The van der Waals surface area contributed by atoms with Gasteiger partial charge in [-0.25, -0.2) is 9.78 Å². The van der Waals surface area contributed by atoms with Crippen molar-refractivity contribution in [3.63, 3.8) is 0 Å². The Bertz CT molecular complexity index is 667. The van der Waals surface area contributed by atoms with Crippen LogP contribution >= 0.6 is 27.5 Å². The molecule has 2 N–H and O–H groups in total. The summed E-state index contributed by atoms with van der Waals surface area (Å²) in [5, 5.41) is 6.13. The van der Waals surface area contributed by atoms with Crippen molar-refractivity contribution in [3.05, 3.63) is 57.2 Å². The van der Waals surface area contributed by atoms with Crippen molar-refractivity contribution in [2.45, 2.75) is 13.1 Å². The summed E-state index contributed by atoms with van der Waals surface area (Å²) >= 11 is 9.44. The molecule has 5 nitrogen and oxygen atoms in total. The molecule has 7 heteroatoms. The van der Waals surface area contributed by atoms with Gasteiger partial charge in [-0.1, -0.05) is 33.6 Å². The molecule has 2 aromatic rings. The number of ether oxygens (including phenoxy) is 1. The highest BCUT2D eigenvalue weighted by Gasteiger charge is 2.05. The average Bonchev–Trinajstić information content (AvgIpc) is 2.52. The van der Waals surface area contributed by atoms with Gasteiger partial charge in [-0.2, -0.15) is 0 Å². The van der Waals surface area contributed by atoms with Crippen molar-refractivity contribution in [2.75, 3.05) is 7.11 Å². The molecule has 0 aliphatic heterocycles. The monoisotopic (exact) mass is 383 g/mol. The number of nitrogens with one attached hydrogen (secondary N) is 2. The summed E-state index contributed by atoms with van der Waals surface area (Å²) in [6, 6.07) is 8.85. The minimum atomic E-state index is -0.269. The van der Waals surface area contributed by atoms with Gasteiger partial charge in [0.1, 0.15) is 0 Å². The number of amides is 2. The van der Waals surface area contributed by atoms with E-state index in [0.717, 1.165) is 15.6 Å². The van der Waals surface area contributed by atoms with Crippen LogP contribution in [0.15, 0.2) is 41.0 Å². The average molecular weight is 385 g/mol. The number of halogens is 2. The molecule has 1 aromatic carbocycles. The van der Waals surface area contributed by atoms with Crippen LogP contribution in [-0.4, -0.2) is 18.1 Å². The summed E-state index contributed by atoms with van der Waals surface area (Å²) < 4.78 is 5.93. The lowest BCUT2D eigenvalue weighted by Crippen LogP contribution is -2.34. The lowest BCUT2D eigenvalue weighted by atomic mass is 10.2. The van der Waals surface area contributed by atoms with Crippen LogP contribution in [0.5, 0.6) is 5.88 Å². The number of carbonyl (C=O) groups is 1. The molecule has 116 valence electrons. The first-order valence-electron chi connectivity index (χ1n) is 6.53. The quantitative estimate of drug-likeness (QED) is 0.829. The number of hydrogen-bond acceptors (Lipinski definition) is 3. The molecule has 0 radical (unpaired) electrons. The summed E-state index contributed by atoms with van der Waals surface area (Å²) in [7, 11) is 1.55. The van der Waals surface area contributed by atoms with E-state index in [-0.39, 0.29) is 6.03 Å². The number of hydrogen-bond donors (Lipinski definition) is 2. The van der Waals surface area contributed by atoms with Gasteiger partial charge < -0.3 is 15.4 Å². The van der Waals surface area contributed by atoms with Crippen LogP contribution in [0.1, 0.15) is 11.1 Å². The summed E-state index contributed by atoms with van der Waals surface area (Å²) in [4.78, 5) is 15.8. The van der Waals surface area contributed by atoms with Crippen molar-refractivity contribution >= 4 is 33.6 Å². The molecule has 0 fully saturated rings. The molecule has 0 atom stereocenters. The molecular formula is C15H15BrClN3O2. The Balaban J connectivity index is 1.82. The van der Waals surface area contributed by atoms with Gasteiger partial charge in [-0.3, -0.25) is 0 Å². The topological polar surface area (TPSA) is 63.2 Å². The fourth-order valence-electron chi connectivity index (χ4n) is 1.76. The van der Waals surface area contributed by atoms with Crippen molar-refractivity contribution in [2.24, 2.45) is 0 Å². The van der Waals surface area contributed by atoms with Gasteiger partial charge in [0.05, 0.1) is 7.11 Å². The second-order valence-electron chi connectivity index (χ2n) is 4.48. The summed E-state index contributed by atoms with van der Waals surface area (Å²) in [5.41, 5.74) is 1.76. The molecule has 2 amide bonds. The van der Waals surface area contributed by atoms with Crippen LogP contribution in [0.3, 0.4) is 0 Å². The van der Waals surface area contributed by atoms with Gasteiger partial charge in [0, 0.05) is 34.8 Å². The van der Waals surface area contributed by atoms with E-state index in [9.17, 15) is 4.79 Å². The largest absolute Gasteiger partial charge is 0.481 e. The van der Waals surface area contributed by atoms with Crippen LogP contribution in [0.2, 0.25) is 5.02 Å². The van der Waals surface area contributed by atoms with E-state index < -0.39 is 0 Å². The van der Waals surface area contributed by atoms with E-state index in [2.05, 4.69) is 31.5 Å². The Kier molecular flexibility index (Phi) is 6.03. The third kappa shape index (κ3) is 4.89. The number of aromatic nitrogens is 1.